The molecule has 1 aromatic carbocycles. The van der Waals surface area contributed by atoms with E-state index in [0.717, 1.165) is 25.9 Å². The van der Waals surface area contributed by atoms with Gasteiger partial charge in [-0.1, -0.05) is 0 Å². The molecule has 1 aliphatic rings. The quantitative estimate of drug-likeness (QED) is 0.382. The highest BCUT2D eigenvalue weighted by Gasteiger charge is 2.25. The third-order valence-electron chi connectivity index (χ3n) is 4.28. The van der Waals surface area contributed by atoms with Crippen molar-refractivity contribution in [2.24, 2.45) is 0 Å². The summed E-state index contributed by atoms with van der Waals surface area (Å²) >= 11 is 0. The molecule has 25 heavy (non-hydrogen) atoms. The molecule has 1 saturated heterocycles. The van der Waals surface area contributed by atoms with E-state index >= 15 is 0 Å². The maximum absolute atomic E-state index is 11.4. The molecule has 140 valence electrons. The summed E-state index contributed by atoms with van der Waals surface area (Å²) in [6.45, 7) is 3.23. The zero-order chi connectivity index (χ0) is 18.2. The number of rotatable bonds is 9. The van der Waals surface area contributed by atoms with E-state index in [1.54, 1.807) is 13.2 Å². The van der Waals surface area contributed by atoms with Crippen molar-refractivity contribution in [1.29, 1.82) is 0 Å². The van der Waals surface area contributed by atoms with Gasteiger partial charge in [-0.25, -0.2) is 0 Å². The standard InChI is InChI=1S/C17H26N2O6/c1-22-7-8-25-14-5-4-6-18(12-14)11-13-9-16(23-2)17(24-3)10-15(13)19(20)21/h9-10,14H,4-8,11-12H2,1-3H3. The summed E-state index contributed by atoms with van der Waals surface area (Å²) < 4.78 is 21.3. The van der Waals surface area contributed by atoms with E-state index in [2.05, 4.69) is 4.90 Å². The Morgan fingerprint density at radius 3 is 2.56 bits per heavy atom. The first-order valence-corrected chi connectivity index (χ1v) is 8.31. The lowest BCUT2D eigenvalue weighted by Gasteiger charge is -2.32. The predicted molar refractivity (Wildman–Crippen MR) is 92.3 cm³/mol. The molecule has 8 nitrogen and oxygen atoms in total. The Kier molecular flexibility index (Phi) is 7.42. The molecular weight excluding hydrogens is 328 g/mol. The normalized spacial score (nSPS) is 18.1. The summed E-state index contributed by atoms with van der Waals surface area (Å²) in [6, 6.07) is 3.11. The summed E-state index contributed by atoms with van der Waals surface area (Å²) in [7, 11) is 4.63. The third-order valence-corrected chi connectivity index (χ3v) is 4.28. The van der Waals surface area contributed by atoms with E-state index in [4.69, 9.17) is 18.9 Å². The molecule has 1 fully saturated rings. The first kappa shape index (κ1) is 19.4. The molecule has 1 aliphatic heterocycles. The van der Waals surface area contributed by atoms with Gasteiger partial charge in [0.15, 0.2) is 11.5 Å². The Labute approximate surface area is 147 Å². The topological polar surface area (TPSA) is 83.3 Å². The van der Waals surface area contributed by atoms with E-state index in [1.807, 2.05) is 0 Å². The number of piperidine rings is 1. The van der Waals surface area contributed by atoms with Gasteiger partial charge in [-0.3, -0.25) is 15.0 Å². The number of methoxy groups -OCH3 is 3. The smallest absolute Gasteiger partial charge is 0.277 e. The molecule has 2 rings (SSSR count). The van der Waals surface area contributed by atoms with Crippen LogP contribution in [0.25, 0.3) is 0 Å². The predicted octanol–water partition coefficient (Wildman–Crippen LogP) is 2.24. The van der Waals surface area contributed by atoms with Crippen LogP contribution >= 0.6 is 0 Å². The summed E-state index contributed by atoms with van der Waals surface area (Å²) in [5, 5.41) is 11.4. The van der Waals surface area contributed by atoms with Gasteiger partial charge in [-0.05, 0) is 25.5 Å². The summed E-state index contributed by atoms with van der Waals surface area (Å²) in [5.74, 6) is 0.852. The Hall–Kier alpha value is -1.90. The minimum absolute atomic E-state index is 0.0417. The summed E-state index contributed by atoms with van der Waals surface area (Å²) in [4.78, 5) is 13.2. The van der Waals surface area contributed by atoms with Crippen LogP contribution in [-0.4, -0.2) is 63.6 Å². The number of hydrogen-bond acceptors (Lipinski definition) is 7. The van der Waals surface area contributed by atoms with Crippen molar-refractivity contribution >= 4 is 5.69 Å². The van der Waals surface area contributed by atoms with Gasteiger partial charge in [0.25, 0.3) is 5.69 Å². The molecule has 0 radical (unpaired) electrons. The number of hydrogen-bond donors (Lipinski definition) is 0. The summed E-state index contributed by atoms with van der Waals surface area (Å²) in [6.07, 6.45) is 2.12. The molecule has 0 N–H and O–H groups in total. The van der Waals surface area contributed by atoms with Crippen molar-refractivity contribution < 1.29 is 23.9 Å². The van der Waals surface area contributed by atoms with E-state index in [-0.39, 0.29) is 16.7 Å². The van der Waals surface area contributed by atoms with E-state index in [0.29, 0.717) is 36.8 Å². The Morgan fingerprint density at radius 1 is 1.20 bits per heavy atom. The molecular formula is C17H26N2O6. The first-order chi connectivity index (χ1) is 12.1. The summed E-state index contributed by atoms with van der Waals surface area (Å²) in [5.41, 5.74) is 0.653. The van der Waals surface area contributed by atoms with Gasteiger partial charge in [0, 0.05) is 25.8 Å². The highest BCUT2D eigenvalue weighted by molar-refractivity contribution is 5.54. The van der Waals surface area contributed by atoms with Crippen molar-refractivity contribution in [3.8, 4) is 11.5 Å². The minimum atomic E-state index is -0.381. The van der Waals surface area contributed by atoms with Crippen LogP contribution in [-0.2, 0) is 16.0 Å². The van der Waals surface area contributed by atoms with Gasteiger partial charge in [0.1, 0.15) is 0 Å². The SMILES string of the molecule is COCCOC1CCCN(Cc2cc(OC)c(OC)cc2[N+](=O)[O-])C1. The maximum Gasteiger partial charge on any atom is 0.277 e. The van der Waals surface area contributed by atoms with Crippen LogP contribution in [0.2, 0.25) is 0 Å². The number of nitro benzene ring substituents is 1. The Bertz CT molecular complexity index is 581. The maximum atomic E-state index is 11.4. The van der Waals surface area contributed by atoms with Gasteiger partial charge in [0.05, 0.1) is 44.5 Å². The van der Waals surface area contributed by atoms with Crippen LogP contribution in [0, 0.1) is 10.1 Å². The third kappa shape index (κ3) is 5.29. The van der Waals surface area contributed by atoms with Crippen LogP contribution in [0.15, 0.2) is 12.1 Å². The van der Waals surface area contributed by atoms with Gasteiger partial charge in [0.2, 0.25) is 0 Å². The first-order valence-electron chi connectivity index (χ1n) is 8.31. The molecule has 1 unspecified atom stereocenters. The lowest BCUT2D eigenvalue weighted by Crippen LogP contribution is -2.39. The Balaban J connectivity index is 2.11. The van der Waals surface area contributed by atoms with Crippen molar-refractivity contribution in [2.75, 3.05) is 47.6 Å². The van der Waals surface area contributed by atoms with E-state index < -0.39 is 0 Å². The lowest BCUT2D eigenvalue weighted by molar-refractivity contribution is -0.385. The molecule has 0 spiro atoms. The van der Waals surface area contributed by atoms with Gasteiger partial charge < -0.3 is 18.9 Å². The zero-order valence-corrected chi connectivity index (χ0v) is 15.0. The van der Waals surface area contributed by atoms with Crippen molar-refractivity contribution in [3.05, 3.63) is 27.8 Å². The lowest BCUT2D eigenvalue weighted by atomic mass is 10.1. The molecule has 8 heteroatoms. The minimum Gasteiger partial charge on any atom is -0.493 e. The van der Waals surface area contributed by atoms with Crippen molar-refractivity contribution in [2.45, 2.75) is 25.5 Å². The van der Waals surface area contributed by atoms with Crippen LogP contribution in [0.1, 0.15) is 18.4 Å². The Morgan fingerprint density at radius 2 is 1.92 bits per heavy atom. The number of nitro groups is 1. The number of nitrogens with zero attached hydrogens (tertiary/aromatic N) is 2. The molecule has 1 heterocycles. The van der Waals surface area contributed by atoms with Crippen LogP contribution in [0.5, 0.6) is 11.5 Å². The zero-order valence-electron chi connectivity index (χ0n) is 15.0. The second-order valence-corrected chi connectivity index (χ2v) is 5.96. The van der Waals surface area contributed by atoms with Gasteiger partial charge in [-0.2, -0.15) is 0 Å². The molecule has 0 bridgehead atoms. The molecule has 0 aliphatic carbocycles. The number of likely N-dealkylation sites (tertiary alicyclic amines) is 1. The largest absolute Gasteiger partial charge is 0.493 e. The highest BCUT2D eigenvalue weighted by atomic mass is 16.6. The average Bonchev–Trinajstić information content (AvgIpc) is 2.61. The van der Waals surface area contributed by atoms with Gasteiger partial charge in [-0.15, -0.1) is 0 Å². The molecule has 1 atom stereocenters. The van der Waals surface area contributed by atoms with Crippen LogP contribution in [0.3, 0.4) is 0 Å². The van der Waals surface area contributed by atoms with Crippen molar-refractivity contribution in [3.63, 3.8) is 0 Å². The molecule has 0 saturated carbocycles. The number of benzene rings is 1. The van der Waals surface area contributed by atoms with Crippen molar-refractivity contribution in [1.82, 2.24) is 4.90 Å². The van der Waals surface area contributed by atoms with E-state index in [1.165, 1.54) is 20.3 Å². The molecule has 0 amide bonds. The number of ether oxygens (including phenoxy) is 4. The molecule has 1 aromatic rings. The van der Waals surface area contributed by atoms with Crippen LogP contribution < -0.4 is 9.47 Å². The van der Waals surface area contributed by atoms with Gasteiger partial charge >= 0.3 is 0 Å². The second kappa shape index (κ2) is 9.55. The monoisotopic (exact) mass is 354 g/mol. The van der Waals surface area contributed by atoms with E-state index in [9.17, 15) is 10.1 Å². The highest BCUT2D eigenvalue weighted by Crippen LogP contribution is 2.35. The molecule has 0 aromatic heterocycles. The fraction of sp³-hybridized carbons (Fsp3) is 0.647. The van der Waals surface area contributed by atoms with Crippen LogP contribution in [0.4, 0.5) is 5.69 Å². The average molecular weight is 354 g/mol. The fourth-order valence-electron chi connectivity index (χ4n) is 3.04. The fourth-order valence-corrected chi connectivity index (χ4v) is 3.04. The second-order valence-electron chi connectivity index (χ2n) is 5.96.